The maximum absolute atomic E-state index is 15.8. The van der Waals surface area contributed by atoms with Gasteiger partial charge < -0.3 is 25.0 Å². The van der Waals surface area contributed by atoms with E-state index in [-0.39, 0.29) is 40.7 Å². The van der Waals surface area contributed by atoms with E-state index < -0.39 is 30.2 Å². The van der Waals surface area contributed by atoms with Gasteiger partial charge in [-0.3, -0.25) is 0 Å². The van der Waals surface area contributed by atoms with Gasteiger partial charge in [0.15, 0.2) is 18.2 Å². The summed E-state index contributed by atoms with van der Waals surface area (Å²) in [6.07, 6.45) is 5.21. The van der Waals surface area contributed by atoms with Gasteiger partial charge in [0.05, 0.1) is 18.0 Å². The van der Waals surface area contributed by atoms with E-state index in [2.05, 4.69) is 29.4 Å². The van der Waals surface area contributed by atoms with Crippen LogP contribution in [-0.2, 0) is 9.53 Å². The number of anilines is 3. The molecule has 202 valence electrons. The summed E-state index contributed by atoms with van der Waals surface area (Å²) < 4.78 is 40.3. The predicted octanol–water partition coefficient (Wildman–Crippen LogP) is 7.00. The molecule has 0 unspecified atom stereocenters. The number of esters is 1. The lowest BCUT2D eigenvalue weighted by Gasteiger charge is -2.38. The Hall–Kier alpha value is -3.07. The highest BCUT2D eigenvalue weighted by Crippen LogP contribution is 2.38. The number of carbonyl (C=O) groups excluding carboxylic acids is 2. The molecule has 0 spiro atoms. The molecule has 0 saturated heterocycles. The van der Waals surface area contributed by atoms with Crippen molar-refractivity contribution in [3.8, 4) is 5.75 Å². The lowest BCUT2D eigenvalue weighted by Crippen LogP contribution is -2.40. The molecular weight excluding hydrogens is 504 g/mol. The Balaban J connectivity index is 1.96. The van der Waals surface area contributed by atoms with Crippen LogP contribution < -0.4 is 20.3 Å². The Morgan fingerprint density at radius 2 is 1.84 bits per heavy atom. The molecule has 0 radical (unpaired) electrons. The maximum Gasteiger partial charge on any atom is 0.344 e. The molecule has 1 fully saturated rings. The van der Waals surface area contributed by atoms with Crippen LogP contribution in [0.15, 0.2) is 30.3 Å². The third kappa shape index (κ3) is 7.95. The highest BCUT2D eigenvalue weighted by Gasteiger charge is 2.28. The summed E-state index contributed by atoms with van der Waals surface area (Å²) in [7, 11) is 0. The van der Waals surface area contributed by atoms with Crippen LogP contribution in [0.25, 0.3) is 0 Å². The van der Waals surface area contributed by atoms with Gasteiger partial charge >= 0.3 is 12.0 Å². The Bertz CT molecular complexity index is 1090. The van der Waals surface area contributed by atoms with E-state index in [0.717, 1.165) is 38.2 Å². The SMILES string of the molecule is CCOC(=O)COc1ccc(N(CC(C)C)C2CCCCC2)c(NC(=O)Nc2ccc(Cl)cc2F)c1F. The molecule has 37 heavy (non-hydrogen) atoms. The largest absolute Gasteiger partial charge is 0.479 e. The summed E-state index contributed by atoms with van der Waals surface area (Å²) in [5.41, 5.74) is 0.276. The Kier molecular flexibility index (Phi) is 10.4. The molecule has 1 aliphatic rings. The van der Waals surface area contributed by atoms with Crippen molar-refractivity contribution in [2.75, 3.05) is 35.3 Å². The van der Waals surface area contributed by atoms with E-state index in [1.165, 1.54) is 18.2 Å². The summed E-state index contributed by atoms with van der Waals surface area (Å²) in [6.45, 7) is 6.15. The quantitative estimate of drug-likeness (QED) is 0.319. The van der Waals surface area contributed by atoms with Crippen molar-refractivity contribution in [2.24, 2.45) is 5.92 Å². The topological polar surface area (TPSA) is 79.9 Å². The van der Waals surface area contributed by atoms with Crippen LogP contribution in [0, 0.1) is 17.6 Å². The number of ether oxygens (including phenoxy) is 2. The van der Waals surface area contributed by atoms with Crippen molar-refractivity contribution < 1.29 is 27.8 Å². The second-order valence-corrected chi connectivity index (χ2v) is 9.84. The maximum atomic E-state index is 15.8. The van der Waals surface area contributed by atoms with Crippen LogP contribution in [0.5, 0.6) is 5.75 Å². The second kappa shape index (κ2) is 13.5. The van der Waals surface area contributed by atoms with E-state index in [9.17, 15) is 14.0 Å². The van der Waals surface area contributed by atoms with Gasteiger partial charge in [-0.25, -0.2) is 18.4 Å². The van der Waals surface area contributed by atoms with E-state index in [4.69, 9.17) is 21.1 Å². The molecule has 7 nitrogen and oxygen atoms in total. The molecule has 2 aromatic carbocycles. The molecule has 10 heteroatoms. The zero-order valence-electron chi connectivity index (χ0n) is 21.4. The average molecular weight is 538 g/mol. The van der Waals surface area contributed by atoms with Crippen molar-refractivity contribution in [2.45, 2.75) is 58.9 Å². The number of urea groups is 1. The molecule has 3 rings (SSSR count). The number of benzene rings is 2. The smallest absolute Gasteiger partial charge is 0.344 e. The molecule has 2 amide bonds. The lowest BCUT2D eigenvalue weighted by molar-refractivity contribution is -0.145. The van der Waals surface area contributed by atoms with Crippen molar-refractivity contribution in [1.82, 2.24) is 0 Å². The van der Waals surface area contributed by atoms with Gasteiger partial charge in [-0.05, 0) is 56.0 Å². The first-order valence-electron chi connectivity index (χ1n) is 12.6. The summed E-state index contributed by atoms with van der Waals surface area (Å²) >= 11 is 5.79. The molecule has 1 saturated carbocycles. The fraction of sp³-hybridized carbons (Fsp3) is 0.481. The third-order valence-electron chi connectivity index (χ3n) is 6.04. The first kappa shape index (κ1) is 28.5. The van der Waals surface area contributed by atoms with Crippen LogP contribution in [0.2, 0.25) is 5.02 Å². The molecule has 0 aliphatic heterocycles. The monoisotopic (exact) mass is 537 g/mol. The molecule has 1 aliphatic carbocycles. The van der Waals surface area contributed by atoms with Crippen LogP contribution >= 0.6 is 11.6 Å². The first-order valence-corrected chi connectivity index (χ1v) is 13.0. The second-order valence-electron chi connectivity index (χ2n) is 9.41. The number of hydrogen-bond acceptors (Lipinski definition) is 5. The summed E-state index contributed by atoms with van der Waals surface area (Å²) in [4.78, 5) is 26.8. The standard InChI is InChI=1S/C27H34ClF2N3O4/c1-4-36-24(34)16-37-23-13-12-22(33(15-17(2)3)19-8-6-5-7-9-19)26(25(23)30)32-27(35)31-21-11-10-18(28)14-20(21)29/h10-14,17,19H,4-9,15-16H2,1-3H3,(H2,31,32,35). The molecule has 0 atom stereocenters. The van der Waals surface area contributed by atoms with Crippen LogP contribution in [0.3, 0.4) is 0 Å². The number of rotatable bonds is 10. The van der Waals surface area contributed by atoms with Crippen molar-refractivity contribution in [3.05, 3.63) is 47.0 Å². The van der Waals surface area contributed by atoms with E-state index >= 15 is 4.39 Å². The van der Waals surface area contributed by atoms with Gasteiger partial charge in [-0.15, -0.1) is 0 Å². The van der Waals surface area contributed by atoms with Crippen LogP contribution in [0.1, 0.15) is 52.9 Å². The van der Waals surface area contributed by atoms with Crippen LogP contribution in [-0.4, -0.2) is 37.8 Å². The normalized spacial score (nSPS) is 13.8. The predicted molar refractivity (Wildman–Crippen MR) is 142 cm³/mol. The Labute approximate surface area is 221 Å². The number of hydrogen-bond donors (Lipinski definition) is 2. The third-order valence-corrected chi connectivity index (χ3v) is 6.28. The van der Waals surface area contributed by atoms with Crippen molar-refractivity contribution in [3.63, 3.8) is 0 Å². The zero-order chi connectivity index (χ0) is 26.9. The fourth-order valence-corrected chi connectivity index (χ4v) is 4.60. The van der Waals surface area contributed by atoms with E-state index in [0.29, 0.717) is 12.2 Å². The van der Waals surface area contributed by atoms with Crippen LogP contribution in [0.4, 0.5) is 30.6 Å². The minimum absolute atomic E-state index is 0.107. The molecule has 0 aromatic heterocycles. The Morgan fingerprint density at radius 3 is 2.49 bits per heavy atom. The number of carbonyl (C=O) groups is 2. The summed E-state index contributed by atoms with van der Waals surface area (Å²) in [5, 5.41) is 5.14. The average Bonchev–Trinajstić information content (AvgIpc) is 2.85. The highest BCUT2D eigenvalue weighted by atomic mass is 35.5. The zero-order valence-corrected chi connectivity index (χ0v) is 22.2. The highest BCUT2D eigenvalue weighted by molar-refractivity contribution is 6.30. The molecule has 0 bridgehead atoms. The van der Waals surface area contributed by atoms with Gasteiger partial charge in [0.2, 0.25) is 0 Å². The molecule has 2 N–H and O–H groups in total. The lowest BCUT2D eigenvalue weighted by atomic mass is 9.93. The van der Waals surface area contributed by atoms with Gasteiger partial charge in [-0.1, -0.05) is 44.7 Å². The first-order chi connectivity index (χ1) is 17.7. The van der Waals surface area contributed by atoms with Crippen molar-refractivity contribution in [1.29, 1.82) is 0 Å². The molecular formula is C27H34ClF2N3O4. The van der Waals surface area contributed by atoms with E-state index in [1.54, 1.807) is 13.0 Å². The van der Waals surface area contributed by atoms with Gasteiger partial charge in [-0.2, -0.15) is 0 Å². The number of amides is 2. The minimum atomic E-state index is -0.836. The number of nitrogens with zero attached hydrogens (tertiary/aromatic N) is 1. The summed E-state index contributed by atoms with van der Waals surface area (Å²) in [6, 6.07) is 6.29. The molecule has 2 aromatic rings. The fourth-order valence-electron chi connectivity index (χ4n) is 4.44. The van der Waals surface area contributed by atoms with Crippen molar-refractivity contribution >= 4 is 40.7 Å². The summed E-state index contributed by atoms with van der Waals surface area (Å²) in [5.74, 6) is -2.14. The van der Waals surface area contributed by atoms with Gasteiger partial charge in [0, 0.05) is 17.6 Å². The van der Waals surface area contributed by atoms with Gasteiger partial charge in [0.25, 0.3) is 0 Å². The minimum Gasteiger partial charge on any atom is -0.479 e. The van der Waals surface area contributed by atoms with E-state index in [1.807, 2.05) is 0 Å². The number of nitrogens with one attached hydrogen (secondary N) is 2. The number of halogens is 3. The van der Waals surface area contributed by atoms with Gasteiger partial charge in [0.1, 0.15) is 11.5 Å². The Morgan fingerprint density at radius 1 is 1.11 bits per heavy atom. The molecule has 0 heterocycles.